The minimum absolute atomic E-state index is 0.140. The van der Waals surface area contributed by atoms with Gasteiger partial charge < -0.3 is 30.7 Å². The van der Waals surface area contributed by atoms with Crippen molar-refractivity contribution >= 4 is 67.9 Å². The van der Waals surface area contributed by atoms with Crippen molar-refractivity contribution in [1.82, 2.24) is 104 Å². The van der Waals surface area contributed by atoms with Gasteiger partial charge in [0.1, 0.15) is 36.1 Å². The van der Waals surface area contributed by atoms with E-state index in [1.54, 1.807) is 72.5 Å². The van der Waals surface area contributed by atoms with E-state index in [2.05, 4.69) is 206 Å². The van der Waals surface area contributed by atoms with Crippen molar-refractivity contribution in [2.45, 2.75) is 60.3 Å². The van der Waals surface area contributed by atoms with Gasteiger partial charge in [-0.05, 0) is 162 Å². The molecular formula is C82H86N24O3. The van der Waals surface area contributed by atoms with E-state index >= 15 is 0 Å². The topological polar surface area (TPSA) is 287 Å². The van der Waals surface area contributed by atoms with E-state index in [0.717, 1.165) is 154 Å². The van der Waals surface area contributed by atoms with Gasteiger partial charge in [-0.1, -0.05) is 36.0 Å². The molecule has 0 spiro atoms. The van der Waals surface area contributed by atoms with E-state index in [4.69, 9.17) is 0 Å². The summed E-state index contributed by atoms with van der Waals surface area (Å²) in [6.07, 6.45) is 19.0. The maximum atomic E-state index is 13.0. The fourth-order valence-corrected chi connectivity index (χ4v) is 12.8. The molecule has 0 atom stereocenters. The summed E-state index contributed by atoms with van der Waals surface area (Å²) < 4.78 is 3.50. The van der Waals surface area contributed by atoms with Crippen molar-refractivity contribution < 1.29 is 14.4 Å². The van der Waals surface area contributed by atoms with Crippen LogP contribution in [-0.4, -0.2) is 221 Å². The number of likely N-dealkylation sites (N-methyl/N-ethyl adjacent to an activating group) is 3. The van der Waals surface area contributed by atoms with Crippen LogP contribution in [0.4, 0.5) is 17.1 Å². The molecule has 3 aliphatic rings. The molecule has 4 N–H and O–H groups in total. The third-order valence-electron chi connectivity index (χ3n) is 19.4. The molecule has 12 aromatic rings. The van der Waals surface area contributed by atoms with Crippen LogP contribution in [0.3, 0.4) is 0 Å². The van der Waals surface area contributed by atoms with E-state index in [9.17, 15) is 14.4 Å². The lowest BCUT2D eigenvalue weighted by atomic mass is 10.1. The van der Waals surface area contributed by atoms with Gasteiger partial charge >= 0.3 is 0 Å². The normalized spacial score (nSPS) is 14.4. The number of carbonyl (C=O) groups is 3. The number of rotatable bonds is 13. The Balaban J connectivity index is 0.000000144. The van der Waals surface area contributed by atoms with Gasteiger partial charge in [-0.25, -0.2) is 39.3 Å². The standard InChI is InChI=1S/C29H32N8O.C27H28N8O.C26H26N8O/c1-20(2)37-28-26(17-31-19-32-28)27(34-37)8-5-22-14-24(16-30-15-22)29(38)33-25-7-6-23(21(3)13-25)18-36-11-9-35(4)10-12-36;1-19-12-23(6-5-21(19)17-35-10-8-33(2)9-11-35)31-27(36)22-13-20(14-28-15-22)4-7-25-24-16-29-18-30-26(24)34(3)32-25;1-18-11-22(5-4-20(18)16-34-9-7-33(2)8-10-34)30-26(35)21-12-19(13-27-14-21)3-6-24-23-15-28-17-29-25(23)32-31-24/h6-7,13-17,19-20H,9-12,18H2,1-4H3,(H,33,38);5-6,12-16,18H,8-11,17H2,1-3H3,(H,31,36);4-5,11-15,17H,7-10,16H2,1-2H3,(H,30,35)(H,28,29,31,32). The number of nitrogens with zero attached hydrogens (tertiary/aromatic N) is 20. The van der Waals surface area contributed by atoms with Crippen molar-refractivity contribution in [2.75, 3.05) is 116 Å². The number of pyridine rings is 3. The van der Waals surface area contributed by atoms with Crippen molar-refractivity contribution in [2.24, 2.45) is 7.05 Å². The number of aryl methyl sites for hydroxylation is 4. The molecule has 27 nitrogen and oxygen atoms in total. The molecule has 0 saturated carbocycles. The first-order valence-corrected chi connectivity index (χ1v) is 36.2. The van der Waals surface area contributed by atoms with Crippen LogP contribution in [0.15, 0.2) is 148 Å². The highest BCUT2D eigenvalue weighted by Crippen LogP contribution is 2.25. The largest absolute Gasteiger partial charge is 0.322 e. The third-order valence-corrected chi connectivity index (χ3v) is 19.4. The maximum absolute atomic E-state index is 13.0. The van der Waals surface area contributed by atoms with Crippen molar-refractivity contribution in [3.63, 3.8) is 0 Å². The molecule has 0 bridgehead atoms. The van der Waals surface area contributed by atoms with Gasteiger partial charge in [0, 0.05) is 201 Å². The number of nitrogens with one attached hydrogen (secondary N) is 4. The predicted octanol–water partition coefficient (Wildman–Crippen LogP) is 8.43. The molecule has 0 aliphatic carbocycles. The molecule has 15 rings (SSSR count). The predicted molar refractivity (Wildman–Crippen MR) is 420 cm³/mol. The average molecular weight is 1460 g/mol. The Kier molecular flexibility index (Phi) is 24.0. The van der Waals surface area contributed by atoms with E-state index in [1.165, 1.54) is 41.9 Å². The molecule has 3 aromatic carbocycles. The Bertz CT molecular complexity index is 5490. The van der Waals surface area contributed by atoms with E-state index in [0.29, 0.717) is 61.8 Å². The molecular weight excluding hydrogens is 1370 g/mol. The van der Waals surface area contributed by atoms with Crippen LogP contribution in [0.5, 0.6) is 0 Å². The maximum Gasteiger partial charge on any atom is 0.257 e. The zero-order valence-corrected chi connectivity index (χ0v) is 62.7. The second-order valence-corrected chi connectivity index (χ2v) is 27.9. The number of hydrogen-bond acceptors (Lipinski definition) is 21. The SMILES string of the molecule is Cc1cc(NC(=O)c2cncc(C#Cc3[nH]nc4ncncc34)c2)ccc1CN1CCN(C)CC1.Cc1cc(NC(=O)c2cncc(C#Cc3nn(C(C)C)c4ncncc34)c2)ccc1CN1CCN(C)CC1.Cc1cc(NC(=O)c2cncc(C#Cc3nn(C)c4ncncc34)c2)ccc1CN1CCN(C)CC1. The first-order valence-electron chi connectivity index (χ1n) is 36.2. The number of carbonyl (C=O) groups excluding carboxylic acids is 3. The van der Waals surface area contributed by atoms with Crippen LogP contribution in [0.2, 0.25) is 0 Å². The van der Waals surface area contributed by atoms with E-state index < -0.39 is 0 Å². The minimum atomic E-state index is -0.229. The fourth-order valence-electron chi connectivity index (χ4n) is 12.8. The molecule has 552 valence electrons. The summed E-state index contributed by atoms with van der Waals surface area (Å²) in [5, 5.41) is 27.3. The summed E-state index contributed by atoms with van der Waals surface area (Å²) in [6.45, 7) is 26.1. The van der Waals surface area contributed by atoms with Gasteiger partial charge in [0.25, 0.3) is 17.7 Å². The van der Waals surface area contributed by atoms with Crippen molar-refractivity contribution in [3.05, 3.63) is 231 Å². The van der Waals surface area contributed by atoms with Gasteiger partial charge in [-0.2, -0.15) is 15.3 Å². The van der Waals surface area contributed by atoms with Crippen LogP contribution >= 0.6 is 0 Å². The molecule has 12 heterocycles. The molecule has 0 radical (unpaired) electrons. The molecule has 9 aromatic heterocycles. The molecule has 3 aliphatic heterocycles. The summed E-state index contributed by atoms with van der Waals surface area (Å²) in [4.78, 5) is 90.8. The molecule has 3 fully saturated rings. The summed E-state index contributed by atoms with van der Waals surface area (Å²) in [6, 6.07) is 23.6. The molecule has 0 unspecified atom stereocenters. The van der Waals surface area contributed by atoms with E-state index in [1.807, 2.05) is 62.0 Å². The lowest BCUT2D eigenvalue weighted by molar-refractivity contribution is 0.101. The number of amides is 3. The number of benzene rings is 3. The smallest absolute Gasteiger partial charge is 0.257 e. The number of anilines is 3. The Morgan fingerprint density at radius 3 is 1.21 bits per heavy atom. The highest BCUT2D eigenvalue weighted by molar-refractivity contribution is 6.06. The van der Waals surface area contributed by atoms with Crippen LogP contribution in [0, 0.1) is 56.3 Å². The monoisotopic (exact) mass is 1450 g/mol. The number of H-pyrrole nitrogens is 1. The minimum Gasteiger partial charge on any atom is -0.322 e. The molecule has 109 heavy (non-hydrogen) atoms. The number of fused-ring (bicyclic) bond motifs is 3. The Morgan fingerprint density at radius 2 is 0.798 bits per heavy atom. The second-order valence-electron chi connectivity index (χ2n) is 27.9. The second kappa shape index (κ2) is 34.9. The van der Waals surface area contributed by atoms with Gasteiger partial charge in [0.15, 0.2) is 16.9 Å². The van der Waals surface area contributed by atoms with Gasteiger partial charge in [-0.3, -0.25) is 49.1 Å². The zero-order valence-electron chi connectivity index (χ0n) is 62.7. The first kappa shape index (κ1) is 74.9. The van der Waals surface area contributed by atoms with Crippen LogP contribution in [0.1, 0.15) is 118 Å². The molecule has 27 heteroatoms. The third kappa shape index (κ3) is 19.4. The Morgan fingerprint density at radius 1 is 0.422 bits per heavy atom. The van der Waals surface area contributed by atoms with Gasteiger partial charge in [0.2, 0.25) is 0 Å². The number of piperazine rings is 3. The van der Waals surface area contributed by atoms with E-state index in [-0.39, 0.29) is 23.8 Å². The quantitative estimate of drug-likeness (QED) is 0.0787. The lowest BCUT2D eigenvalue weighted by Crippen LogP contribution is -2.43. The summed E-state index contributed by atoms with van der Waals surface area (Å²) >= 11 is 0. The van der Waals surface area contributed by atoms with Crippen LogP contribution in [-0.2, 0) is 26.7 Å². The number of hydrogen-bond donors (Lipinski definition) is 4. The Hall–Kier alpha value is -12.4. The lowest BCUT2D eigenvalue weighted by Gasteiger charge is -2.32. The average Bonchev–Trinajstić information content (AvgIpc) is 1.66. The first-order chi connectivity index (χ1) is 52.9. The highest BCUT2D eigenvalue weighted by atomic mass is 16.2. The Labute approximate surface area is 633 Å². The van der Waals surface area contributed by atoms with Gasteiger partial charge in [0.05, 0.1) is 32.8 Å². The number of aromatic amines is 1. The van der Waals surface area contributed by atoms with Gasteiger partial charge in [-0.15, -0.1) is 0 Å². The van der Waals surface area contributed by atoms with Crippen LogP contribution in [0.25, 0.3) is 33.1 Å². The molecule has 3 amide bonds. The summed E-state index contributed by atoms with van der Waals surface area (Å²) in [5.41, 5.74) is 16.6. The summed E-state index contributed by atoms with van der Waals surface area (Å²) in [5.74, 6) is 17.7. The number of aromatic nitrogens is 15. The van der Waals surface area contributed by atoms with Crippen LogP contribution < -0.4 is 16.0 Å². The van der Waals surface area contributed by atoms with Crippen molar-refractivity contribution in [1.29, 1.82) is 0 Å². The van der Waals surface area contributed by atoms with Crippen molar-refractivity contribution in [3.8, 4) is 35.5 Å². The summed E-state index contributed by atoms with van der Waals surface area (Å²) in [7, 11) is 8.30. The zero-order chi connectivity index (χ0) is 75.9. The highest BCUT2D eigenvalue weighted by Gasteiger charge is 2.21. The molecule has 3 saturated heterocycles. The fraction of sp³-hybridized carbons (Fsp3) is 0.305.